The number of anilines is 2. The number of pyridine rings is 1. The predicted octanol–water partition coefficient (Wildman–Crippen LogP) is 2.49. The normalized spacial score (nSPS) is 16.6. The summed E-state index contributed by atoms with van der Waals surface area (Å²) in [5, 5.41) is 16.0. The summed E-state index contributed by atoms with van der Waals surface area (Å²) in [6.07, 6.45) is 3.72. The maximum Gasteiger partial charge on any atom is 0.346 e. The van der Waals surface area contributed by atoms with Gasteiger partial charge in [0.15, 0.2) is 0 Å². The van der Waals surface area contributed by atoms with Gasteiger partial charge in [-0.2, -0.15) is 0 Å². The number of amides is 1. The Kier molecular flexibility index (Phi) is 3.60. The van der Waals surface area contributed by atoms with E-state index in [2.05, 4.69) is 20.6 Å². The maximum atomic E-state index is 13.3. The summed E-state index contributed by atoms with van der Waals surface area (Å²) in [7, 11) is 0. The van der Waals surface area contributed by atoms with Crippen LogP contribution >= 0.6 is 11.3 Å². The van der Waals surface area contributed by atoms with E-state index in [9.17, 15) is 19.5 Å². The summed E-state index contributed by atoms with van der Waals surface area (Å²) in [6, 6.07) is 1.64. The van der Waals surface area contributed by atoms with Gasteiger partial charge in [-0.3, -0.25) is 14.2 Å². The number of thiophene rings is 1. The standard InChI is InChI=1S/C19H17N5O4S/c1-8-6-10(17(26)24-12(8)15(25)23-19(24)4-3-5-19)22-14-11-9(2)13(18(27)28)29-16(11)21-7-20-14/h6-7H,3-5H2,1-2H3,(H,23,25)(H,27,28)(H,20,21,22). The van der Waals surface area contributed by atoms with Crippen LogP contribution < -0.4 is 16.2 Å². The average molecular weight is 411 g/mol. The monoisotopic (exact) mass is 411 g/mol. The van der Waals surface area contributed by atoms with Crippen molar-refractivity contribution in [3.8, 4) is 0 Å². The van der Waals surface area contributed by atoms with Gasteiger partial charge < -0.3 is 15.7 Å². The van der Waals surface area contributed by atoms with E-state index in [0.717, 1.165) is 30.6 Å². The molecule has 3 aromatic rings. The van der Waals surface area contributed by atoms with E-state index in [0.29, 0.717) is 32.9 Å². The maximum absolute atomic E-state index is 13.3. The number of fused-ring (bicyclic) bond motifs is 3. The fourth-order valence-electron chi connectivity index (χ4n) is 4.21. The smallest absolute Gasteiger partial charge is 0.346 e. The van der Waals surface area contributed by atoms with E-state index < -0.39 is 11.6 Å². The highest BCUT2D eigenvalue weighted by Crippen LogP contribution is 2.41. The highest BCUT2D eigenvalue weighted by molar-refractivity contribution is 7.20. The molecule has 5 rings (SSSR count). The van der Waals surface area contributed by atoms with E-state index in [1.54, 1.807) is 24.5 Å². The first-order valence-corrected chi connectivity index (χ1v) is 9.98. The van der Waals surface area contributed by atoms with Gasteiger partial charge in [-0.05, 0) is 50.3 Å². The zero-order valence-corrected chi connectivity index (χ0v) is 16.5. The van der Waals surface area contributed by atoms with Crippen LogP contribution in [-0.4, -0.2) is 31.5 Å². The minimum atomic E-state index is -1.03. The molecule has 1 aliphatic carbocycles. The van der Waals surface area contributed by atoms with Crippen molar-refractivity contribution in [3.05, 3.63) is 44.4 Å². The number of aromatic nitrogens is 3. The van der Waals surface area contributed by atoms with Gasteiger partial charge in [0.05, 0.1) is 5.39 Å². The number of rotatable bonds is 3. The Labute approximate surface area is 168 Å². The van der Waals surface area contributed by atoms with E-state index in [4.69, 9.17) is 0 Å². The SMILES string of the molecule is Cc1cc(Nc2ncnc3sc(C(=O)O)c(C)c23)c(=O)n2c1C(=O)NC21CCC1. The Hall–Kier alpha value is -3.27. The average Bonchev–Trinajstić information content (AvgIpc) is 3.15. The van der Waals surface area contributed by atoms with Crippen molar-refractivity contribution in [1.82, 2.24) is 19.9 Å². The first kappa shape index (κ1) is 17.8. The summed E-state index contributed by atoms with van der Waals surface area (Å²) in [6.45, 7) is 3.49. The van der Waals surface area contributed by atoms with Gasteiger partial charge in [0.1, 0.15) is 38.9 Å². The van der Waals surface area contributed by atoms with Crippen molar-refractivity contribution in [2.45, 2.75) is 38.8 Å². The van der Waals surface area contributed by atoms with Crippen molar-refractivity contribution in [3.63, 3.8) is 0 Å². The largest absolute Gasteiger partial charge is 0.477 e. The summed E-state index contributed by atoms with van der Waals surface area (Å²) in [5.41, 5.74) is 0.978. The number of hydrogen-bond donors (Lipinski definition) is 3. The fraction of sp³-hybridized carbons (Fsp3) is 0.316. The van der Waals surface area contributed by atoms with Crippen LogP contribution in [0.4, 0.5) is 11.5 Å². The molecule has 0 bridgehead atoms. The lowest BCUT2D eigenvalue weighted by Crippen LogP contribution is -2.52. The molecule has 2 aliphatic rings. The highest BCUT2D eigenvalue weighted by Gasteiger charge is 2.48. The molecule has 1 saturated carbocycles. The molecular formula is C19H17N5O4S. The lowest BCUT2D eigenvalue weighted by molar-refractivity contribution is 0.0700. The van der Waals surface area contributed by atoms with Crippen molar-refractivity contribution in [2.75, 3.05) is 5.32 Å². The molecule has 3 N–H and O–H groups in total. The van der Waals surface area contributed by atoms with Crippen molar-refractivity contribution in [1.29, 1.82) is 0 Å². The van der Waals surface area contributed by atoms with Crippen molar-refractivity contribution < 1.29 is 14.7 Å². The van der Waals surface area contributed by atoms with Crippen LogP contribution in [0, 0.1) is 13.8 Å². The Morgan fingerprint density at radius 2 is 2.07 bits per heavy atom. The summed E-state index contributed by atoms with van der Waals surface area (Å²) < 4.78 is 1.57. The fourth-order valence-corrected chi connectivity index (χ4v) is 5.20. The minimum absolute atomic E-state index is 0.189. The molecule has 0 unspecified atom stereocenters. The molecule has 148 valence electrons. The number of carboxylic acids is 1. The Morgan fingerprint density at radius 3 is 2.72 bits per heavy atom. The van der Waals surface area contributed by atoms with E-state index in [-0.39, 0.29) is 22.0 Å². The Bertz CT molecular complexity index is 1290. The first-order valence-electron chi connectivity index (χ1n) is 9.16. The van der Waals surface area contributed by atoms with Crippen LogP contribution in [0.5, 0.6) is 0 Å². The van der Waals surface area contributed by atoms with Crippen LogP contribution in [0.1, 0.15) is 50.5 Å². The molecule has 1 aliphatic heterocycles. The van der Waals surface area contributed by atoms with Crippen LogP contribution in [0.3, 0.4) is 0 Å². The minimum Gasteiger partial charge on any atom is -0.477 e. The molecule has 29 heavy (non-hydrogen) atoms. The van der Waals surface area contributed by atoms with Gasteiger partial charge in [-0.1, -0.05) is 0 Å². The molecule has 1 fully saturated rings. The second kappa shape index (κ2) is 5.86. The quantitative estimate of drug-likeness (QED) is 0.604. The van der Waals surface area contributed by atoms with E-state index in [1.807, 2.05) is 0 Å². The summed E-state index contributed by atoms with van der Waals surface area (Å²) in [5.74, 6) is -0.885. The summed E-state index contributed by atoms with van der Waals surface area (Å²) in [4.78, 5) is 46.3. The lowest BCUT2D eigenvalue weighted by atomic mass is 9.85. The molecule has 10 heteroatoms. The lowest BCUT2D eigenvalue weighted by Gasteiger charge is -2.39. The number of carboxylic acid groups (broad SMARTS) is 1. The molecule has 9 nitrogen and oxygen atoms in total. The Balaban J connectivity index is 1.67. The molecule has 0 saturated heterocycles. The Morgan fingerprint density at radius 1 is 1.31 bits per heavy atom. The van der Waals surface area contributed by atoms with Crippen LogP contribution in [-0.2, 0) is 5.66 Å². The third-order valence-electron chi connectivity index (χ3n) is 5.74. The number of hydrogen-bond acceptors (Lipinski definition) is 7. The molecule has 1 amide bonds. The number of nitrogens with zero attached hydrogens (tertiary/aromatic N) is 3. The van der Waals surface area contributed by atoms with E-state index >= 15 is 0 Å². The zero-order chi connectivity index (χ0) is 20.5. The van der Waals surface area contributed by atoms with Crippen LogP contribution in [0.25, 0.3) is 10.2 Å². The second-order valence-electron chi connectivity index (χ2n) is 7.46. The molecule has 3 aromatic heterocycles. The molecular weight excluding hydrogens is 394 g/mol. The molecule has 1 spiro atoms. The van der Waals surface area contributed by atoms with Gasteiger partial charge >= 0.3 is 5.97 Å². The van der Waals surface area contributed by atoms with Gasteiger partial charge in [-0.15, -0.1) is 11.3 Å². The van der Waals surface area contributed by atoms with Gasteiger partial charge in [0.25, 0.3) is 11.5 Å². The predicted molar refractivity (Wildman–Crippen MR) is 107 cm³/mol. The number of carbonyl (C=O) groups is 2. The van der Waals surface area contributed by atoms with E-state index in [1.165, 1.54) is 6.33 Å². The topological polar surface area (TPSA) is 126 Å². The molecule has 4 heterocycles. The van der Waals surface area contributed by atoms with Gasteiger partial charge in [0, 0.05) is 0 Å². The second-order valence-corrected chi connectivity index (χ2v) is 8.46. The van der Waals surface area contributed by atoms with Crippen molar-refractivity contribution >= 4 is 44.9 Å². The first-order chi connectivity index (χ1) is 13.8. The third-order valence-corrected chi connectivity index (χ3v) is 6.92. The molecule has 0 atom stereocenters. The number of carbonyl (C=O) groups excluding carboxylic acids is 1. The molecule has 0 radical (unpaired) electrons. The highest BCUT2D eigenvalue weighted by atomic mass is 32.1. The van der Waals surface area contributed by atoms with Crippen LogP contribution in [0.2, 0.25) is 0 Å². The van der Waals surface area contributed by atoms with Crippen LogP contribution in [0.15, 0.2) is 17.2 Å². The van der Waals surface area contributed by atoms with Gasteiger partial charge in [-0.25, -0.2) is 14.8 Å². The van der Waals surface area contributed by atoms with Crippen molar-refractivity contribution in [2.24, 2.45) is 0 Å². The number of nitrogens with one attached hydrogen (secondary N) is 2. The number of aryl methyl sites for hydroxylation is 2. The zero-order valence-electron chi connectivity index (χ0n) is 15.7. The third kappa shape index (κ3) is 2.35. The summed E-state index contributed by atoms with van der Waals surface area (Å²) >= 11 is 1.07. The number of aromatic carboxylic acids is 1. The molecule has 0 aromatic carbocycles. The van der Waals surface area contributed by atoms with Gasteiger partial charge in [0.2, 0.25) is 0 Å².